The summed E-state index contributed by atoms with van der Waals surface area (Å²) in [5, 5.41) is 4.10. The summed E-state index contributed by atoms with van der Waals surface area (Å²) in [6.07, 6.45) is 6.72. The second kappa shape index (κ2) is 5.92. The fraction of sp³-hybridized carbons (Fsp3) is 0.294. The van der Waals surface area contributed by atoms with Gasteiger partial charge in [0.1, 0.15) is 0 Å². The maximum Gasteiger partial charge on any atom is 0.328 e. The zero-order valence-corrected chi connectivity index (χ0v) is 13.8. The van der Waals surface area contributed by atoms with Crippen LogP contribution < -0.4 is 16.6 Å². The van der Waals surface area contributed by atoms with E-state index in [1.165, 1.54) is 4.57 Å². The van der Waals surface area contributed by atoms with E-state index in [9.17, 15) is 9.59 Å². The summed E-state index contributed by atoms with van der Waals surface area (Å²) in [5.41, 5.74) is 0.936. The number of nitrogens with one attached hydrogen (secondary N) is 2. The lowest BCUT2D eigenvalue weighted by Gasteiger charge is -2.22. The van der Waals surface area contributed by atoms with Gasteiger partial charge in [0.05, 0.1) is 11.1 Å². The van der Waals surface area contributed by atoms with Crippen molar-refractivity contribution in [1.29, 1.82) is 0 Å². The lowest BCUT2D eigenvalue weighted by atomic mass is 10.1. The molecule has 24 heavy (non-hydrogen) atoms. The van der Waals surface area contributed by atoms with Gasteiger partial charge < -0.3 is 5.32 Å². The Bertz CT molecular complexity index is 993. The number of aromatic amines is 1. The Morgan fingerprint density at radius 1 is 1.21 bits per heavy atom. The van der Waals surface area contributed by atoms with Crippen LogP contribution in [-0.2, 0) is 12.1 Å². The second-order valence-electron chi connectivity index (χ2n) is 6.56. The molecule has 7 nitrogen and oxygen atoms in total. The highest BCUT2D eigenvalue weighted by atomic mass is 16.2. The maximum absolute atomic E-state index is 12.1. The summed E-state index contributed by atoms with van der Waals surface area (Å²) < 4.78 is 1.53. The lowest BCUT2D eigenvalue weighted by Crippen LogP contribution is -2.40. The fourth-order valence-corrected chi connectivity index (χ4v) is 2.47. The highest BCUT2D eigenvalue weighted by Crippen LogP contribution is 2.20. The molecule has 3 heterocycles. The van der Waals surface area contributed by atoms with Gasteiger partial charge in [0.25, 0.3) is 5.56 Å². The van der Waals surface area contributed by atoms with Gasteiger partial charge in [0.15, 0.2) is 0 Å². The summed E-state index contributed by atoms with van der Waals surface area (Å²) >= 11 is 0. The van der Waals surface area contributed by atoms with Crippen molar-refractivity contribution in [2.45, 2.75) is 32.9 Å². The number of H-pyrrole nitrogens is 1. The normalized spacial score (nSPS) is 11.6. The summed E-state index contributed by atoms with van der Waals surface area (Å²) in [7, 11) is 0. The molecule has 3 rings (SSSR count). The predicted octanol–water partition coefficient (Wildman–Crippen LogP) is 1.85. The average molecular weight is 325 g/mol. The smallest absolute Gasteiger partial charge is 0.328 e. The summed E-state index contributed by atoms with van der Waals surface area (Å²) in [4.78, 5) is 34.8. The van der Waals surface area contributed by atoms with Gasteiger partial charge in [-0.15, -0.1) is 0 Å². The predicted molar refractivity (Wildman–Crippen MR) is 93.2 cm³/mol. The van der Waals surface area contributed by atoms with Crippen LogP contribution in [0.3, 0.4) is 0 Å². The molecule has 0 amide bonds. The molecule has 3 aromatic heterocycles. The standard InChI is InChI=1S/C17H19N5O2/c1-17(2,3)22-10-11(15(23)21-16(22)24)8-20-14-5-7-19-13-4-6-18-9-12(13)14/h4-7,9-10H,8H2,1-3H3,(H,19,20)(H,21,23,24). The Labute approximate surface area is 138 Å². The van der Waals surface area contributed by atoms with Crippen molar-refractivity contribution in [1.82, 2.24) is 19.5 Å². The van der Waals surface area contributed by atoms with Gasteiger partial charge in [0.2, 0.25) is 0 Å². The van der Waals surface area contributed by atoms with E-state index in [4.69, 9.17) is 0 Å². The van der Waals surface area contributed by atoms with Gasteiger partial charge in [-0.3, -0.25) is 24.3 Å². The molecule has 7 heteroatoms. The molecule has 0 aromatic carbocycles. The molecule has 0 atom stereocenters. The van der Waals surface area contributed by atoms with Crippen LogP contribution in [0.15, 0.2) is 46.5 Å². The second-order valence-corrected chi connectivity index (χ2v) is 6.56. The Balaban J connectivity index is 1.95. The molecule has 2 N–H and O–H groups in total. The van der Waals surface area contributed by atoms with Crippen molar-refractivity contribution < 1.29 is 0 Å². The molecule has 0 unspecified atom stereocenters. The highest BCUT2D eigenvalue weighted by Gasteiger charge is 2.16. The van der Waals surface area contributed by atoms with E-state index in [1.807, 2.05) is 32.9 Å². The Morgan fingerprint density at radius 2 is 2.00 bits per heavy atom. The molecule has 0 radical (unpaired) electrons. The largest absolute Gasteiger partial charge is 0.380 e. The number of pyridine rings is 2. The van der Waals surface area contributed by atoms with E-state index in [0.29, 0.717) is 12.1 Å². The van der Waals surface area contributed by atoms with Crippen LogP contribution in [0.4, 0.5) is 5.69 Å². The minimum Gasteiger partial charge on any atom is -0.380 e. The third-order valence-corrected chi connectivity index (χ3v) is 3.75. The first-order chi connectivity index (χ1) is 11.4. The number of nitrogens with zero attached hydrogens (tertiary/aromatic N) is 3. The van der Waals surface area contributed by atoms with Gasteiger partial charge >= 0.3 is 5.69 Å². The Hall–Kier alpha value is -2.96. The SMILES string of the molecule is CC(C)(C)n1cc(CNc2ccnc3ccncc23)c(=O)[nH]c1=O. The Morgan fingerprint density at radius 3 is 2.75 bits per heavy atom. The van der Waals surface area contributed by atoms with Crippen molar-refractivity contribution in [3.05, 3.63) is 63.3 Å². The van der Waals surface area contributed by atoms with Crippen LogP contribution in [0.1, 0.15) is 26.3 Å². The quantitative estimate of drug-likeness (QED) is 0.766. The molecule has 124 valence electrons. The molecular weight excluding hydrogens is 306 g/mol. The third kappa shape index (κ3) is 3.05. The van der Waals surface area contributed by atoms with E-state index in [-0.39, 0.29) is 5.56 Å². The zero-order valence-electron chi connectivity index (χ0n) is 13.8. The molecular formula is C17H19N5O2. The monoisotopic (exact) mass is 325 g/mol. The topological polar surface area (TPSA) is 92.7 Å². The maximum atomic E-state index is 12.1. The van der Waals surface area contributed by atoms with E-state index in [0.717, 1.165) is 16.6 Å². The fourth-order valence-electron chi connectivity index (χ4n) is 2.47. The van der Waals surface area contributed by atoms with Crippen LogP contribution in [0, 0.1) is 0 Å². The van der Waals surface area contributed by atoms with Crippen LogP contribution >= 0.6 is 0 Å². The number of rotatable bonds is 3. The molecule has 0 saturated carbocycles. The molecule has 0 aliphatic heterocycles. The van der Waals surface area contributed by atoms with Gasteiger partial charge in [-0.25, -0.2) is 4.79 Å². The van der Waals surface area contributed by atoms with Gasteiger partial charge in [-0.2, -0.15) is 0 Å². The first kappa shape index (κ1) is 15.9. The summed E-state index contributed by atoms with van der Waals surface area (Å²) in [5.74, 6) is 0. The van der Waals surface area contributed by atoms with Gasteiger partial charge in [-0.1, -0.05) is 0 Å². The molecule has 0 fully saturated rings. The first-order valence-electron chi connectivity index (χ1n) is 7.64. The van der Waals surface area contributed by atoms with Crippen molar-refractivity contribution in [2.75, 3.05) is 5.32 Å². The van der Waals surface area contributed by atoms with Crippen LogP contribution in [0.5, 0.6) is 0 Å². The number of hydrogen-bond acceptors (Lipinski definition) is 5. The van der Waals surface area contributed by atoms with Crippen molar-refractivity contribution in [3.8, 4) is 0 Å². The lowest BCUT2D eigenvalue weighted by molar-refractivity contribution is 0.374. The summed E-state index contributed by atoms with van der Waals surface area (Å²) in [6.45, 7) is 6.02. The molecule has 0 saturated heterocycles. The van der Waals surface area contributed by atoms with Crippen molar-refractivity contribution >= 4 is 16.6 Å². The van der Waals surface area contributed by atoms with Crippen molar-refractivity contribution in [2.24, 2.45) is 0 Å². The van der Waals surface area contributed by atoms with Gasteiger partial charge in [0, 0.05) is 47.9 Å². The molecule has 0 aliphatic rings. The number of anilines is 1. The number of hydrogen-bond donors (Lipinski definition) is 2. The molecule has 3 aromatic rings. The van der Waals surface area contributed by atoms with Crippen LogP contribution in [0.25, 0.3) is 10.9 Å². The minimum absolute atomic E-state index is 0.291. The molecule has 0 spiro atoms. The number of aromatic nitrogens is 4. The average Bonchev–Trinajstić information content (AvgIpc) is 2.53. The summed E-state index contributed by atoms with van der Waals surface area (Å²) in [6, 6.07) is 3.66. The van der Waals surface area contributed by atoms with E-state index in [2.05, 4.69) is 20.3 Å². The van der Waals surface area contributed by atoms with Crippen LogP contribution in [0.2, 0.25) is 0 Å². The van der Waals surface area contributed by atoms with Crippen molar-refractivity contribution in [3.63, 3.8) is 0 Å². The minimum atomic E-state index is -0.413. The highest BCUT2D eigenvalue weighted by molar-refractivity contribution is 5.89. The van der Waals surface area contributed by atoms with Gasteiger partial charge in [-0.05, 0) is 32.9 Å². The van der Waals surface area contributed by atoms with E-state index < -0.39 is 11.2 Å². The van der Waals surface area contributed by atoms with Crippen LogP contribution in [-0.4, -0.2) is 19.5 Å². The first-order valence-corrected chi connectivity index (χ1v) is 7.64. The third-order valence-electron chi connectivity index (χ3n) is 3.75. The zero-order chi connectivity index (χ0) is 17.3. The van der Waals surface area contributed by atoms with E-state index >= 15 is 0 Å². The molecule has 0 aliphatic carbocycles. The number of fused-ring (bicyclic) bond motifs is 1. The molecule has 0 bridgehead atoms. The van der Waals surface area contributed by atoms with E-state index in [1.54, 1.807) is 24.8 Å². The Kier molecular flexibility index (Phi) is 3.92.